The highest BCUT2D eigenvalue weighted by Gasteiger charge is 2.14. The Bertz CT molecular complexity index is 507. The summed E-state index contributed by atoms with van der Waals surface area (Å²) in [4.78, 5) is 0.759. The minimum Gasteiger partial charge on any atom is -0.387 e. The first-order valence-electron chi connectivity index (χ1n) is 4.92. The molecule has 1 atom stereocenters. The van der Waals surface area contributed by atoms with Crippen LogP contribution in [0.15, 0.2) is 34.1 Å². The van der Waals surface area contributed by atoms with E-state index in [1.54, 1.807) is 0 Å². The Morgan fingerprint density at radius 2 is 1.88 bits per heavy atom. The average Bonchev–Trinajstić information content (AvgIpc) is 2.62. The molecule has 0 fully saturated rings. The minimum atomic E-state index is -0.759. The van der Waals surface area contributed by atoms with E-state index in [4.69, 9.17) is 0 Å². The van der Waals surface area contributed by atoms with E-state index < -0.39 is 17.7 Å². The van der Waals surface area contributed by atoms with Crippen molar-refractivity contribution < 1.29 is 13.9 Å². The van der Waals surface area contributed by atoms with Crippen LogP contribution in [0.2, 0.25) is 0 Å². The molecule has 17 heavy (non-hydrogen) atoms. The second-order valence-electron chi connectivity index (χ2n) is 3.63. The van der Waals surface area contributed by atoms with E-state index in [1.165, 1.54) is 23.5 Å². The normalized spacial score (nSPS) is 12.7. The second kappa shape index (κ2) is 5.25. The van der Waals surface area contributed by atoms with Crippen molar-refractivity contribution in [1.29, 1.82) is 0 Å². The summed E-state index contributed by atoms with van der Waals surface area (Å²) in [6.45, 7) is 0. The molecular weight excluding hydrogens is 310 g/mol. The third-order valence-electron chi connectivity index (χ3n) is 2.30. The number of thiophene rings is 1. The van der Waals surface area contributed by atoms with Gasteiger partial charge in [0.2, 0.25) is 0 Å². The van der Waals surface area contributed by atoms with E-state index in [0.717, 1.165) is 15.4 Å². The molecule has 0 radical (unpaired) electrons. The first kappa shape index (κ1) is 12.7. The maximum atomic E-state index is 13.0. The fourth-order valence-electron chi connectivity index (χ4n) is 1.59. The van der Waals surface area contributed by atoms with Crippen molar-refractivity contribution in [3.05, 3.63) is 56.2 Å². The van der Waals surface area contributed by atoms with E-state index in [-0.39, 0.29) is 6.42 Å². The standard InChI is InChI=1S/C12H9BrF2OS/c13-10-1-2-17-12(10)11(16)5-7-3-8(14)6-9(15)4-7/h1-4,6,11,16H,5H2. The van der Waals surface area contributed by atoms with E-state index in [2.05, 4.69) is 15.9 Å². The van der Waals surface area contributed by atoms with Crippen LogP contribution in [0, 0.1) is 11.6 Å². The molecule has 0 aliphatic carbocycles. The lowest BCUT2D eigenvalue weighted by atomic mass is 10.1. The number of aliphatic hydroxyl groups excluding tert-OH is 1. The van der Waals surface area contributed by atoms with E-state index in [1.807, 2.05) is 11.4 Å². The summed E-state index contributed by atoms with van der Waals surface area (Å²) in [5, 5.41) is 11.8. The van der Waals surface area contributed by atoms with Crippen LogP contribution in [0.4, 0.5) is 8.78 Å². The largest absolute Gasteiger partial charge is 0.387 e. The number of halogens is 3. The van der Waals surface area contributed by atoms with E-state index >= 15 is 0 Å². The van der Waals surface area contributed by atoms with Gasteiger partial charge in [0.15, 0.2) is 0 Å². The molecule has 2 aromatic rings. The van der Waals surface area contributed by atoms with Crippen LogP contribution in [0.5, 0.6) is 0 Å². The van der Waals surface area contributed by atoms with Gasteiger partial charge in [0, 0.05) is 21.8 Å². The molecule has 90 valence electrons. The van der Waals surface area contributed by atoms with Crippen molar-refractivity contribution in [3.63, 3.8) is 0 Å². The molecule has 1 N–H and O–H groups in total. The maximum Gasteiger partial charge on any atom is 0.126 e. The van der Waals surface area contributed by atoms with Gasteiger partial charge in [0.25, 0.3) is 0 Å². The van der Waals surface area contributed by atoms with Gasteiger partial charge in [-0.2, -0.15) is 0 Å². The fraction of sp³-hybridized carbons (Fsp3) is 0.167. The molecule has 1 aromatic heterocycles. The van der Waals surface area contributed by atoms with Crippen LogP contribution < -0.4 is 0 Å². The lowest BCUT2D eigenvalue weighted by Crippen LogP contribution is -2.01. The van der Waals surface area contributed by atoms with Crippen LogP contribution in [0.25, 0.3) is 0 Å². The van der Waals surface area contributed by atoms with Crippen molar-refractivity contribution >= 4 is 27.3 Å². The first-order valence-corrected chi connectivity index (χ1v) is 6.59. The summed E-state index contributed by atoms with van der Waals surface area (Å²) in [6, 6.07) is 5.11. The molecule has 5 heteroatoms. The molecule has 0 bridgehead atoms. The highest BCUT2D eigenvalue weighted by Crippen LogP contribution is 2.31. The molecule has 0 aliphatic rings. The van der Waals surface area contributed by atoms with Gasteiger partial charge in [-0.15, -0.1) is 11.3 Å². The van der Waals surface area contributed by atoms with Crippen molar-refractivity contribution in [2.24, 2.45) is 0 Å². The second-order valence-corrected chi connectivity index (χ2v) is 5.43. The number of aliphatic hydroxyl groups is 1. The molecule has 0 amide bonds. The zero-order chi connectivity index (χ0) is 12.4. The number of benzene rings is 1. The summed E-state index contributed by atoms with van der Waals surface area (Å²) < 4.78 is 26.8. The smallest absolute Gasteiger partial charge is 0.126 e. The number of hydrogen-bond acceptors (Lipinski definition) is 2. The highest BCUT2D eigenvalue weighted by atomic mass is 79.9. The quantitative estimate of drug-likeness (QED) is 0.904. The summed E-state index contributed by atoms with van der Waals surface area (Å²) in [5.41, 5.74) is 0.440. The van der Waals surface area contributed by atoms with Gasteiger partial charge in [0.1, 0.15) is 11.6 Å². The van der Waals surface area contributed by atoms with Crippen LogP contribution in [-0.2, 0) is 6.42 Å². The van der Waals surface area contributed by atoms with Crippen molar-refractivity contribution in [2.45, 2.75) is 12.5 Å². The lowest BCUT2D eigenvalue weighted by molar-refractivity contribution is 0.181. The molecule has 2 rings (SSSR count). The number of hydrogen-bond donors (Lipinski definition) is 1. The third-order valence-corrected chi connectivity index (χ3v) is 4.27. The number of rotatable bonds is 3. The summed E-state index contributed by atoms with van der Waals surface area (Å²) in [6.07, 6.45) is -0.570. The Morgan fingerprint density at radius 3 is 2.41 bits per heavy atom. The Labute approximate surface area is 110 Å². The van der Waals surface area contributed by atoms with Gasteiger partial charge < -0.3 is 5.11 Å². The summed E-state index contributed by atoms with van der Waals surface area (Å²) in [5.74, 6) is -1.25. The summed E-state index contributed by atoms with van der Waals surface area (Å²) >= 11 is 4.71. The SMILES string of the molecule is OC(Cc1cc(F)cc(F)c1)c1sccc1Br. The molecule has 1 heterocycles. The Balaban J connectivity index is 2.18. The molecular formula is C12H9BrF2OS. The van der Waals surface area contributed by atoms with Crippen molar-refractivity contribution in [2.75, 3.05) is 0 Å². The Hall–Kier alpha value is -0.780. The molecule has 0 saturated carbocycles. The van der Waals surface area contributed by atoms with Gasteiger partial charge in [-0.05, 0) is 45.1 Å². The predicted molar refractivity (Wildman–Crippen MR) is 67.0 cm³/mol. The molecule has 1 unspecified atom stereocenters. The fourth-order valence-corrected chi connectivity index (χ4v) is 3.21. The van der Waals surface area contributed by atoms with Gasteiger partial charge in [-0.3, -0.25) is 0 Å². The Morgan fingerprint density at radius 1 is 1.24 bits per heavy atom. The van der Waals surface area contributed by atoms with E-state index in [0.29, 0.717) is 5.56 Å². The van der Waals surface area contributed by atoms with Gasteiger partial charge in [0.05, 0.1) is 6.10 Å². The van der Waals surface area contributed by atoms with Gasteiger partial charge in [-0.1, -0.05) is 0 Å². The third kappa shape index (κ3) is 3.12. The minimum absolute atomic E-state index is 0.188. The predicted octanol–water partition coefficient (Wildman–Crippen LogP) is 4.06. The monoisotopic (exact) mass is 318 g/mol. The van der Waals surface area contributed by atoms with Crippen molar-refractivity contribution in [1.82, 2.24) is 0 Å². The molecule has 0 spiro atoms. The van der Waals surface area contributed by atoms with E-state index in [9.17, 15) is 13.9 Å². The van der Waals surface area contributed by atoms with Crippen LogP contribution in [0.1, 0.15) is 16.5 Å². The zero-order valence-electron chi connectivity index (χ0n) is 8.66. The maximum absolute atomic E-state index is 13.0. The first-order chi connectivity index (χ1) is 8.06. The summed E-state index contributed by atoms with van der Waals surface area (Å²) in [7, 11) is 0. The average molecular weight is 319 g/mol. The van der Waals surface area contributed by atoms with Crippen molar-refractivity contribution in [3.8, 4) is 0 Å². The van der Waals surface area contributed by atoms with Gasteiger partial charge in [-0.25, -0.2) is 8.78 Å². The Kier molecular flexibility index (Phi) is 3.91. The highest BCUT2D eigenvalue weighted by molar-refractivity contribution is 9.10. The van der Waals surface area contributed by atoms with Crippen LogP contribution in [0.3, 0.4) is 0 Å². The molecule has 1 nitrogen and oxygen atoms in total. The molecule has 0 aliphatic heterocycles. The topological polar surface area (TPSA) is 20.2 Å². The zero-order valence-corrected chi connectivity index (χ0v) is 11.1. The van der Waals surface area contributed by atoms with Crippen LogP contribution in [-0.4, -0.2) is 5.11 Å². The van der Waals surface area contributed by atoms with Gasteiger partial charge >= 0.3 is 0 Å². The molecule has 1 aromatic carbocycles. The van der Waals surface area contributed by atoms with Crippen LogP contribution >= 0.6 is 27.3 Å². The molecule has 0 saturated heterocycles. The lowest BCUT2D eigenvalue weighted by Gasteiger charge is -2.09.